The number of benzene rings is 2. The van der Waals surface area contributed by atoms with Gasteiger partial charge in [0.2, 0.25) is 5.91 Å². The van der Waals surface area contributed by atoms with Gasteiger partial charge in [0, 0.05) is 10.4 Å². The summed E-state index contributed by atoms with van der Waals surface area (Å²) in [5.41, 5.74) is 3.16. The molecule has 0 aliphatic heterocycles. The van der Waals surface area contributed by atoms with E-state index in [2.05, 4.69) is 22.4 Å². The van der Waals surface area contributed by atoms with E-state index in [-0.39, 0.29) is 11.8 Å². The molecule has 0 fully saturated rings. The lowest BCUT2D eigenvalue weighted by molar-refractivity contribution is -0.122. The van der Waals surface area contributed by atoms with E-state index in [4.69, 9.17) is 0 Å². The normalized spacial score (nSPS) is 11.9. The van der Waals surface area contributed by atoms with E-state index in [1.807, 2.05) is 62.4 Å². The summed E-state index contributed by atoms with van der Waals surface area (Å²) in [5, 5.41) is 4.08. The number of hydrogen-bond acceptors (Lipinski definition) is 3. The average molecular weight is 350 g/mol. The van der Waals surface area contributed by atoms with Gasteiger partial charge in [0.1, 0.15) is 5.01 Å². The predicted molar refractivity (Wildman–Crippen MR) is 104 cm³/mol. The summed E-state index contributed by atoms with van der Waals surface area (Å²) >= 11 is 1.64. The van der Waals surface area contributed by atoms with Crippen molar-refractivity contribution >= 4 is 17.2 Å². The Morgan fingerprint density at radius 3 is 2.36 bits per heavy atom. The molecule has 2 aromatic carbocycles. The molecule has 0 aliphatic carbocycles. The lowest BCUT2D eigenvalue weighted by atomic mass is 9.96. The zero-order valence-electron chi connectivity index (χ0n) is 14.5. The molecule has 3 rings (SSSR count). The highest BCUT2D eigenvalue weighted by Gasteiger charge is 2.19. The highest BCUT2D eigenvalue weighted by Crippen LogP contribution is 2.28. The zero-order valence-corrected chi connectivity index (χ0v) is 15.3. The molecular formula is C21H22N2OS. The standard InChI is InChI=1S/C21H22N2OS/c1-3-18(16-10-6-4-7-11-16)20(24)22-14-19-15(2)23-21(25-19)17-12-8-5-9-13-17/h4-13,18H,3,14H2,1-2H3,(H,22,24). The number of rotatable bonds is 6. The van der Waals surface area contributed by atoms with Crippen molar-refractivity contribution in [3.63, 3.8) is 0 Å². The molecule has 1 aromatic heterocycles. The molecule has 128 valence electrons. The van der Waals surface area contributed by atoms with E-state index in [0.717, 1.165) is 33.1 Å². The highest BCUT2D eigenvalue weighted by atomic mass is 32.1. The molecule has 0 aliphatic rings. The molecule has 3 nitrogen and oxygen atoms in total. The van der Waals surface area contributed by atoms with Gasteiger partial charge >= 0.3 is 0 Å². The zero-order chi connectivity index (χ0) is 17.6. The molecule has 0 spiro atoms. The van der Waals surface area contributed by atoms with E-state index in [0.29, 0.717) is 6.54 Å². The maximum atomic E-state index is 12.6. The summed E-state index contributed by atoms with van der Waals surface area (Å²) in [4.78, 5) is 18.4. The third-order valence-electron chi connectivity index (χ3n) is 4.26. The van der Waals surface area contributed by atoms with Crippen LogP contribution < -0.4 is 5.32 Å². The quantitative estimate of drug-likeness (QED) is 0.685. The van der Waals surface area contributed by atoms with Crippen LogP contribution in [0.15, 0.2) is 60.7 Å². The maximum Gasteiger partial charge on any atom is 0.227 e. The second-order valence-corrected chi connectivity index (χ2v) is 7.07. The molecule has 1 unspecified atom stereocenters. The molecule has 25 heavy (non-hydrogen) atoms. The third kappa shape index (κ3) is 4.15. The molecule has 1 amide bonds. The predicted octanol–water partition coefficient (Wildman–Crippen LogP) is 4.93. The van der Waals surface area contributed by atoms with Crippen LogP contribution in [0.3, 0.4) is 0 Å². The average Bonchev–Trinajstić information content (AvgIpc) is 3.03. The lowest BCUT2D eigenvalue weighted by Crippen LogP contribution is -2.28. The minimum Gasteiger partial charge on any atom is -0.351 e. The second kappa shape index (κ2) is 8.08. The van der Waals surface area contributed by atoms with Crippen LogP contribution in [0.2, 0.25) is 0 Å². The van der Waals surface area contributed by atoms with Crippen molar-refractivity contribution in [2.75, 3.05) is 0 Å². The van der Waals surface area contributed by atoms with Crippen molar-refractivity contribution < 1.29 is 4.79 Å². The number of carbonyl (C=O) groups is 1. The van der Waals surface area contributed by atoms with Crippen molar-refractivity contribution in [3.8, 4) is 10.6 Å². The first-order valence-electron chi connectivity index (χ1n) is 8.53. The summed E-state index contributed by atoms with van der Waals surface area (Å²) in [5.74, 6) is -0.0363. The monoisotopic (exact) mass is 350 g/mol. The summed E-state index contributed by atoms with van der Waals surface area (Å²) in [6, 6.07) is 20.1. The largest absolute Gasteiger partial charge is 0.351 e. The van der Waals surface area contributed by atoms with Gasteiger partial charge in [-0.25, -0.2) is 4.98 Å². The van der Waals surface area contributed by atoms with Gasteiger partial charge in [0.05, 0.1) is 18.2 Å². The Morgan fingerprint density at radius 2 is 1.72 bits per heavy atom. The highest BCUT2D eigenvalue weighted by molar-refractivity contribution is 7.15. The van der Waals surface area contributed by atoms with E-state index in [1.54, 1.807) is 11.3 Å². The van der Waals surface area contributed by atoms with Crippen LogP contribution >= 0.6 is 11.3 Å². The van der Waals surface area contributed by atoms with Gasteiger partial charge in [0.25, 0.3) is 0 Å². The number of aromatic nitrogens is 1. The number of amides is 1. The fourth-order valence-corrected chi connectivity index (χ4v) is 3.85. The van der Waals surface area contributed by atoms with Crippen molar-refractivity contribution in [3.05, 3.63) is 76.8 Å². The molecule has 1 N–H and O–H groups in total. The molecule has 0 radical (unpaired) electrons. The van der Waals surface area contributed by atoms with Crippen molar-refractivity contribution in [1.82, 2.24) is 10.3 Å². The van der Waals surface area contributed by atoms with Crippen LogP contribution in [-0.2, 0) is 11.3 Å². The van der Waals surface area contributed by atoms with Crippen molar-refractivity contribution in [2.24, 2.45) is 0 Å². The smallest absolute Gasteiger partial charge is 0.227 e. The second-order valence-electron chi connectivity index (χ2n) is 5.98. The Bertz CT molecular complexity index is 828. The number of hydrogen-bond donors (Lipinski definition) is 1. The molecule has 4 heteroatoms. The first-order valence-corrected chi connectivity index (χ1v) is 9.35. The number of carbonyl (C=O) groups excluding carboxylic acids is 1. The third-order valence-corrected chi connectivity index (χ3v) is 5.47. The van der Waals surface area contributed by atoms with Crippen LogP contribution in [-0.4, -0.2) is 10.9 Å². The lowest BCUT2D eigenvalue weighted by Gasteiger charge is -2.15. The van der Waals surface area contributed by atoms with Gasteiger partial charge in [-0.05, 0) is 18.9 Å². The number of aryl methyl sites for hydroxylation is 1. The number of thiazole rings is 1. The Balaban J connectivity index is 1.69. The Labute approximate surface area is 152 Å². The summed E-state index contributed by atoms with van der Waals surface area (Å²) in [6.45, 7) is 4.57. The number of nitrogens with one attached hydrogen (secondary N) is 1. The molecule has 1 heterocycles. The molecule has 1 atom stereocenters. The van der Waals surface area contributed by atoms with E-state index in [9.17, 15) is 4.79 Å². The first-order chi connectivity index (χ1) is 12.2. The Morgan fingerprint density at radius 1 is 1.08 bits per heavy atom. The minimum atomic E-state index is -0.108. The van der Waals surface area contributed by atoms with E-state index < -0.39 is 0 Å². The van der Waals surface area contributed by atoms with Gasteiger partial charge in [-0.1, -0.05) is 67.6 Å². The van der Waals surface area contributed by atoms with Crippen LogP contribution in [0.5, 0.6) is 0 Å². The van der Waals surface area contributed by atoms with Gasteiger partial charge in [-0.2, -0.15) is 0 Å². The van der Waals surface area contributed by atoms with Gasteiger partial charge in [0.15, 0.2) is 0 Å². The molecule has 0 bridgehead atoms. The summed E-state index contributed by atoms with van der Waals surface area (Å²) in [6.07, 6.45) is 0.785. The van der Waals surface area contributed by atoms with Gasteiger partial charge in [-0.15, -0.1) is 11.3 Å². The summed E-state index contributed by atoms with van der Waals surface area (Å²) in [7, 11) is 0. The summed E-state index contributed by atoms with van der Waals surface area (Å²) < 4.78 is 0. The Hall–Kier alpha value is -2.46. The minimum absolute atomic E-state index is 0.0720. The topological polar surface area (TPSA) is 42.0 Å². The fraction of sp³-hybridized carbons (Fsp3) is 0.238. The molecule has 3 aromatic rings. The van der Waals surface area contributed by atoms with Crippen molar-refractivity contribution in [1.29, 1.82) is 0 Å². The molecular weight excluding hydrogens is 328 g/mol. The Kier molecular flexibility index (Phi) is 5.61. The van der Waals surface area contributed by atoms with Crippen LogP contribution in [0.1, 0.15) is 35.4 Å². The van der Waals surface area contributed by atoms with E-state index in [1.165, 1.54) is 0 Å². The van der Waals surface area contributed by atoms with Crippen LogP contribution in [0.25, 0.3) is 10.6 Å². The fourth-order valence-electron chi connectivity index (χ4n) is 2.84. The van der Waals surface area contributed by atoms with Crippen LogP contribution in [0.4, 0.5) is 0 Å². The van der Waals surface area contributed by atoms with Crippen molar-refractivity contribution in [2.45, 2.75) is 32.7 Å². The van der Waals surface area contributed by atoms with E-state index >= 15 is 0 Å². The SMILES string of the molecule is CCC(C(=O)NCc1sc(-c2ccccc2)nc1C)c1ccccc1. The van der Waals surface area contributed by atoms with Gasteiger partial charge < -0.3 is 5.32 Å². The van der Waals surface area contributed by atoms with Crippen LogP contribution in [0, 0.1) is 6.92 Å². The van der Waals surface area contributed by atoms with Gasteiger partial charge in [-0.3, -0.25) is 4.79 Å². The molecule has 0 saturated heterocycles. The number of nitrogens with zero attached hydrogens (tertiary/aromatic N) is 1. The maximum absolute atomic E-state index is 12.6. The first kappa shape index (κ1) is 17.4. The molecule has 0 saturated carbocycles.